The molecule has 1 amide bonds. The Morgan fingerprint density at radius 1 is 1.17 bits per heavy atom. The van der Waals surface area contributed by atoms with Gasteiger partial charge in [-0.15, -0.1) is 0 Å². The van der Waals surface area contributed by atoms with Gasteiger partial charge in [-0.3, -0.25) is 15.6 Å². The van der Waals surface area contributed by atoms with Crippen molar-refractivity contribution < 1.29 is 9.18 Å². The summed E-state index contributed by atoms with van der Waals surface area (Å²) in [5.41, 5.74) is 9.14. The van der Waals surface area contributed by atoms with Crippen molar-refractivity contribution in [2.75, 3.05) is 13.6 Å². The maximum atomic E-state index is 13.1. The van der Waals surface area contributed by atoms with Gasteiger partial charge in [0.25, 0.3) is 5.91 Å². The van der Waals surface area contributed by atoms with Crippen LogP contribution in [0, 0.1) is 5.82 Å². The molecule has 1 aromatic heterocycles. The number of hydrogen-bond donors (Lipinski definition) is 3. The maximum Gasteiger partial charge on any atom is 0.270 e. The quantitative estimate of drug-likeness (QED) is 0.559. The second-order valence-corrected chi connectivity index (χ2v) is 8.05. The van der Waals surface area contributed by atoms with E-state index in [1.807, 2.05) is 37.4 Å². The molecule has 0 saturated carbocycles. The van der Waals surface area contributed by atoms with E-state index in [-0.39, 0.29) is 17.8 Å². The second kappa shape index (κ2) is 8.53. The average molecular weight is 415 g/mol. The first-order valence-corrected chi connectivity index (χ1v) is 10.2. The van der Waals surface area contributed by atoms with Crippen LogP contribution in [-0.2, 0) is 0 Å². The molecule has 2 aromatic carbocycles. The smallest absolute Gasteiger partial charge is 0.270 e. The number of carbonyl (C=O) groups excluding carboxylic acids is 1. The molecule has 29 heavy (non-hydrogen) atoms. The van der Waals surface area contributed by atoms with Crippen LogP contribution < -0.4 is 10.9 Å². The summed E-state index contributed by atoms with van der Waals surface area (Å²) >= 11 is 6.02. The third kappa shape index (κ3) is 4.61. The highest BCUT2D eigenvalue weighted by molar-refractivity contribution is 6.31. The molecule has 1 fully saturated rings. The minimum Gasteiger partial charge on any atom is -0.351 e. The van der Waals surface area contributed by atoms with E-state index in [1.54, 1.807) is 11.0 Å². The first-order valence-electron chi connectivity index (χ1n) is 9.80. The first-order chi connectivity index (χ1) is 14.0. The summed E-state index contributed by atoms with van der Waals surface area (Å²) in [6.45, 7) is 0.675. The molecule has 1 aliphatic heterocycles. The largest absolute Gasteiger partial charge is 0.351 e. The van der Waals surface area contributed by atoms with Gasteiger partial charge in [-0.1, -0.05) is 23.7 Å². The van der Waals surface area contributed by atoms with Gasteiger partial charge in [0, 0.05) is 41.6 Å². The molecule has 3 N–H and O–H groups in total. The number of halogens is 2. The summed E-state index contributed by atoms with van der Waals surface area (Å²) in [7, 11) is 1.82. The van der Waals surface area contributed by atoms with E-state index in [9.17, 15) is 9.18 Å². The Bertz CT molecular complexity index is 1000. The molecular formula is C22H24ClFN4O. The Morgan fingerprint density at radius 3 is 2.76 bits per heavy atom. The molecule has 1 saturated heterocycles. The summed E-state index contributed by atoms with van der Waals surface area (Å²) in [6, 6.07) is 14.5. The summed E-state index contributed by atoms with van der Waals surface area (Å²) in [5.74, 6) is -0.249. The molecule has 7 heteroatoms. The van der Waals surface area contributed by atoms with E-state index in [1.165, 1.54) is 12.1 Å². The molecular weight excluding hydrogens is 391 g/mol. The van der Waals surface area contributed by atoms with Crippen LogP contribution in [0.25, 0.3) is 10.9 Å². The minimum atomic E-state index is -0.220. The molecule has 0 aliphatic carbocycles. The predicted molar refractivity (Wildman–Crippen MR) is 113 cm³/mol. The van der Waals surface area contributed by atoms with E-state index in [4.69, 9.17) is 11.6 Å². The van der Waals surface area contributed by atoms with Crippen LogP contribution in [0.3, 0.4) is 0 Å². The molecule has 5 nitrogen and oxygen atoms in total. The molecule has 0 spiro atoms. The molecule has 4 rings (SSSR count). The van der Waals surface area contributed by atoms with Crippen molar-refractivity contribution in [3.63, 3.8) is 0 Å². The average Bonchev–Trinajstić information content (AvgIpc) is 3.34. The van der Waals surface area contributed by atoms with Gasteiger partial charge in [0.05, 0.1) is 0 Å². The maximum absolute atomic E-state index is 13.1. The Hall–Kier alpha value is -2.41. The van der Waals surface area contributed by atoms with Crippen LogP contribution in [0.5, 0.6) is 0 Å². The molecule has 1 aliphatic rings. The van der Waals surface area contributed by atoms with Gasteiger partial charge < -0.3 is 9.88 Å². The van der Waals surface area contributed by atoms with Gasteiger partial charge >= 0.3 is 0 Å². The van der Waals surface area contributed by atoms with Crippen LogP contribution in [0.1, 0.15) is 41.4 Å². The highest BCUT2D eigenvalue weighted by Crippen LogP contribution is 2.24. The number of fused-ring (bicyclic) bond motifs is 1. The summed E-state index contributed by atoms with van der Waals surface area (Å²) in [5, 5.41) is 1.59. The zero-order valence-corrected chi connectivity index (χ0v) is 17.0. The van der Waals surface area contributed by atoms with Gasteiger partial charge in [0.2, 0.25) is 0 Å². The summed E-state index contributed by atoms with van der Waals surface area (Å²) in [6.07, 6.45) is 2.78. The number of hydrazine groups is 1. The molecule has 0 radical (unpaired) electrons. The molecule has 2 atom stereocenters. The van der Waals surface area contributed by atoms with Gasteiger partial charge in [-0.25, -0.2) is 4.39 Å². The van der Waals surface area contributed by atoms with Crippen molar-refractivity contribution in [3.8, 4) is 0 Å². The van der Waals surface area contributed by atoms with Gasteiger partial charge in [0.15, 0.2) is 0 Å². The molecule has 2 unspecified atom stereocenters. The van der Waals surface area contributed by atoms with E-state index in [2.05, 4.69) is 15.8 Å². The fraction of sp³-hybridized carbons (Fsp3) is 0.318. The topological polar surface area (TPSA) is 60.2 Å². The van der Waals surface area contributed by atoms with E-state index in [0.29, 0.717) is 23.3 Å². The highest BCUT2D eigenvalue weighted by Gasteiger charge is 2.25. The van der Waals surface area contributed by atoms with Crippen LogP contribution in [0.2, 0.25) is 5.02 Å². The lowest BCUT2D eigenvalue weighted by atomic mass is 9.99. The lowest BCUT2D eigenvalue weighted by Gasteiger charge is -2.17. The Morgan fingerprint density at radius 2 is 1.97 bits per heavy atom. The summed E-state index contributed by atoms with van der Waals surface area (Å²) in [4.78, 5) is 17.6. The number of amides is 1. The Kier molecular flexibility index (Phi) is 5.85. The number of benzene rings is 2. The number of carbonyl (C=O) groups is 1. The van der Waals surface area contributed by atoms with Gasteiger partial charge in [0.1, 0.15) is 11.5 Å². The normalized spacial score (nSPS) is 19.0. The van der Waals surface area contributed by atoms with Gasteiger partial charge in [-0.05, 0) is 61.2 Å². The van der Waals surface area contributed by atoms with E-state index in [0.717, 1.165) is 35.7 Å². The standard InChI is InChI=1S/C22H24ClFN4O/c1-28(22(29)21-12-15-11-16(23)6-9-19(15)25-21)10-2-3-18-13-20(27-26-18)14-4-7-17(24)8-5-14/h4-9,11-12,18,20,25-27H,2-3,10,13H2,1H3. The lowest BCUT2D eigenvalue weighted by Crippen LogP contribution is -2.32. The van der Waals surface area contributed by atoms with Crippen molar-refractivity contribution in [1.82, 2.24) is 20.7 Å². The zero-order chi connectivity index (χ0) is 20.4. The van der Waals surface area contributed by atoms with E-state index >= 15 is 0 Å². The summed E-state index contributed by atoms with van der Waals surface area (Å²) < 4.78 is 13.1. The Labute approximate surface area is 174 Å². The fourth-order valence-electron chi connectivity index (χ4n) is 3.83. The lowest BCUT2D eigenvalue weighted by molar-refractivity contribution is 0.0787. The fourth-order valence-corrected chi connectivity index (χ4v) is 4.01. The Balaban J connectivity index is 1.26. The first kappa shape index (κ1) is 19.9. The molecule has 152 valence electrons. The number of rotatable bonds is 6. The van der Waals surface area contributed by atoms with Crippen molar-refractivity contribution in [2.24, 2.45) is 0 Å². The van der Waals surface area contributed by atoms with Crippen molar-refractivity contribution >= 4 is 28.4 Å². The predicted octanol–water partition coefficient (Wildman–Crippen LogP) is 4.42. The minimum absolute atomic E-state index is 0.0287. The zero-order valence-electron chi connectivity index (χ0n) is 16.2. The third-order valence-corrected chi connectivity index (χ3v) is 5.70. The highest BCUT2D eigenvalue weighted by atomic mass is 35.5. The van der Waals surface area contributed by atoms with Crippen molar-refractivity contribution in [3.05, 3.63) is 70.6 Å². The number of H-pyrrole nitrogens is 1. The van der Waals surface area contributed by atoms with Crippen LogP contribution in [-0.4, -0.2) is 35.4 Å². The van der Waals surface area contributed by atoms with Gasteiger partial charge in [-0.2, -0.15) is 0 Å². The number of hydrogen-bond acceptors (Lipinski definition) is 3. The molecule has 2 heterocycles. The SMILES string of the molecule is CN(CCCC1CC(c2ccc(F)cc2)NN1)C(=O)c1cc2cc(Cl)ccc2[nH]1. The van der Waals surface area contributed by atoms with Crippen LogP contribution >= 0.6 is 11.6 Å². The molecule has 0 bridgehead atoms. The van der Waals surface area contributed by atoms with Crippen LogP contribution in [0.15, 0.2) is 48.5 Å². The van der Waals surface area contributed by atoms with Crippen molar-refractivity contribution in [1.29, 1.82) is 0 Å². The second-order valence-electron chi connectivity index (χ2n) is 7.61. The third-order valence-electron chi connectivity index (χ3n) is 5.46. The van der Waals surface area contributed by atoms with E-state index < -0.39 is 0 Å². The molecule has 3 aromatic rings. The number of nitrogens with zero attached hydrogens (tertiary/aromatic N) is 1. The number of aromatic amines is 1. The van der Waals surface area contributed by atoms with Crippen molar-refractivity contribution in [2.45, 2.75) is 31.3 Å². The van der Waals surface area contributed by atoms with Crippen LogP contribution in [0.4, 0.5) is 4.39 Å². The monoisotopic (exact) mass is 414 g/mol. The number of aromatic nitrogens is 1. The number of nitrogens with one attached hydrogen (secondary N) is 3.